The number of aliphatic hydroxyl groups is 2. The maximum atomic E-state index is 13.1. The molecular weight excluding hydrogens is 695 g/mol. The number of allylic oxidation sites excluding steroid dienone is 4. The number of amides is 1. The van der Waals surface area contributed by atoms with E-state index in [4.69, 9.17) is 4.74 Å². The van der Waals surface area contributed by atoms with Crippen molar-refractivity contribution < 1.29 is 24.5 Å². The largest absolute Gasteiger partial charge is 0.462 e. The first-order valence-corrected chi connectivity index (χ1v) is 24.6. The summed E-state index contributed by atoms with van der Waals surface area (Å²) in [5, 5.41) is 23.6. The number of nitrogens with one attached hydrogen (secondary N) is 1. The summed E-state index contributed by atoms with van der Waals surface area (Å²) in [6, 6.07) is -0.705. The lowest BCUT2D eigenvalue weighted by molar-refractivity contribution is -0.151. The van der Waals surface area contributed by atoms with Gasteiger partial charge in [-0.1, -0.05) is 199 Å². The van der Waals surface area contributed by atoms with Crippen LogP contribution < -0.4 is 5.32 Å². The third-order valence-corrected chi connectivity index (χ3v) is 11.3. The topological polar surface area (TPSA) is 95.9 Å². The highest BCUT2D eigenvalue weighted by atomic mass is 16.5. The van der Waals surface area contributed by atoms with Crippen LogP contribution in [0.4, 0.5) is 0 Å². The van der Waals surface area contributed by atoms with Crippen molar-refractivity contribution in [1.29, 1.82) is 0 Å². The fraction of sp³-hybridized carbons (Fsp3) is 0.880. The molecular formula is C50H95NO5. The Morgan fingerprint density at radius 3 is 1.32 bits per heavy atom. The smallest absolute Gasteiger partial charge is 0.306 e. The van der Waals surface area contributed by atoms with Crippen molar-refractivity contribution in [2.75, 3.05) is 6.61 Å². The van der Waals surface area contributed by atoms with Gasteiger partial charge in [0.05, 0.1) is 25.2 Å². The van der Waals surface area contributed by atoms with E-state index in [9.17, 15) is 19.8 Å². The van der Waals surface area contributed by atoms with E-state index < -0.39 is 18.2 Å². The fourth-order valence-electron chi connectivity index (χ4n) is 7.48. The molecule has 0 saturated heterocycles. The van der Waals surface area contributed by atoms with Crippen molar-refractivity contribution in [2.24, 2.45) is 0 Å². The number of carbonyl (C=O) groups is 2. The van der Waals surface area contributed by atoms with Gasteiger partial charge in [0.2, 0.25) is 5.91 Å². The fourth-order valence-corrected chi connectivity index (χ4v) is 7.48. The van der Waals surface area contributed by atoms with E-state index in [0.29, 0.717) is 19.3 Å². The highest BCUT2D eigenvalue weighted by Gasteiger charge is 2.24. The van der Waals surface area contributed by atoms with Gasteiger partial charge in [-0.2, -0.15) is 0 Å². The minimum Gasteiger partial charge on any atom is -0.462 e. The first-order chi connectivity index (χ1) is 27.5. The highest BCUT2D eigenvalue weighted by Crippen LogP contribution is 2.17. The van der Waals surface area contributed by atoms with Crippen molar-refractivity contribution in [3.63, 3.8) is 0 Å². The molecule has 0 aromatic heterocycles. The molecule has 0 fully saturated rings. The Kier molecular flexibility index (Phi) is 43.1. The van der Waals surface area contributed by atoms with Crippen LogP contribution in [-0.2, 0) is 14.3 Å². The van der Waals surface area contributed by atoms with Gasteiger partial charge in [-0.3, -0.25) is 9.59 Å². The second-order valence-electron chi connectivity index (χ2n) is 16.9. The summed E-state index contributed by atoms with van der Waals surface area (Å²) < 4.78 is 5.90. The van der Waals surface area contributed by atoms with Crippen LogP contribution in [0.2, 0.25) is 0 Å². The number of ether oxygens (including phenoxy) is 1. The number of rotatable bonds is 44. The molecule has 0 aliphatic rings. The first-order valence-electron chi connectivity index (χ1n) is 24.6. The standard InChI is InChI=1S/C50H95NO5/c1-4-7-10-13-16-19-22-24-25-26-28-31-34-37-40-43-50(55)56-46(41-38-35-32-29-27-23-20-17-14-11-8-5-2)44-49(54)51-47(45-52)48(53)42-39-36-33-30-21-18-15-12-9-6-3/h19,22,29,32,46-48,52-53H,4-18,20-21,23-28,30-31,33-45H2,1-3H3,(H,51,54)/b22-19-,32-29-. The molecule has 3 N–H and O–H groups in total. The molecule has 0 rings (SSSR count). The van der Waals surface area contributed by atoms with Gasteiger partial charge in [-0.25, -0.2) is 0 Å². The molecule has 3 atom stereocenters. The molecule has 0 spiro atoms. The zero-order valence-electron chi connectivity index (χ0n) is 37.5. The molecule has 0 radical (unpaired) electrons. The van der Waals surface area contributed by atoms with Gasteiger partial charge in [0.25, 0.3) is 0 Å². The summed E-state index contributed by atoms with van der Waals surface area (Å²) in [5.74, 6) is -0.501. The summed E-state index contributed by atoms with van der Waals surface area (Å²) in [7, 11) is 0. The number of unbranched alkanes of at least 4 members (excludes halogenated alkanes) is 28. The zero-order chi connectivity index (χ0) is 41.0. The van der Waals surface area contributed by atoms with Gasteiger partial charge in [0, 0.05) is 6.42 Å². The lowest BCUT2D eigenvalue weighted by Gasteiger charge is -2.24. The van der Waals surface area contributed by atoms with Crippen LogP contribution in [0.25, 0.3) is 0 Å². The number of carbonyl (C=O) groups excluding carboxylic acids is 2. The van der Waals surface area contributed by atoms with Crippen molar-refractivity contribution in [3.05, 3.63) is 24.3 Å². The van der Waals surface area contributed by atoms with E-state index >= 15 is 0 Å². The first kappa shape index (κ1) is 54.3. The van der Waals surface area contributed by atoms with Gasteiger partial charge >= 0.3 is 5.97 Å². The Hall–Kier alpha value is -1.66. The average molecular weight is 790 g/mol. The van der Waals surface area contributed by atoms with Crippen molar-refractivity contribution in [1.82, 2.24) is 5.32 Å². The van der Waals surface area contributed by atoms with E-state index in [2.05, 4.69) is 50.4 Å². The highest BCUT2D eigenvalue weighted by molar-refractivity contribution is 5.77. The predicted octanol–water partition coefficient (Wildman–Crippen LogP) is 14.3. The maximum Gasteiger partial charge on any atom is 0.306 e. The molecule has 330 valence electrons. The Labute approximate surface area is 348 Å². The number of hydrogen-bond donors (Lipinski definition) is 3. The third-order valence-electron chi connectivity index (χ3n) is 11.3. The third kappa shape index (κ3) is 39.2. The second-order valence-corrected chi connectivity index (χ2v) is 16.9. The van der Waals surface area contributed by atoms with Gasteiger partial charge in [0.15, 0.2) is 0 Å². The zero-order valence-corrected chi connectivity index (χ0v) is 37.5. The van der Waals surface area contributed by atoms with Crippen molar-refractivity contribution in [2.45, 2.75) is 277 Å². The summed E-state index contributed by atoms with van der Waals surface area (Å²) in [5.41, 5.74) is 0. The Bertz CT molecular complexity index is 889. The minimum atomic E-state index is -0.789. The van der Waals surface area contributed by atoms with Crippen LogP contribution in [0, 0.1) is 0 Å². The molecule has 0 aromatic rings. The van der Waals surface area contributed by atoms with Crippen LogP contribution in [-0.4, -0.2) is 46.9 Å². The average Bonchev–Trinajstić information content (AvgIpc) is 3.19. The summed E-state index contributed by atoms with van der Waals surface area (Å²) in [6.07, 6.45) is 49.5. The number of aliphatic hydroxyl groups excluding tert-OH is 2. The van der Waals surface area contributed by atoms with Crippen LogP contribution in [0.1, 0.15) is 258 Å². The summed E-state index contributed by atoms with van der Waals surface area (Å²) >= 11 is 0. The van der Waals surface area contributed by atoms with E-state index in [-0.39, 0.29) is 24.9 Å². The Morgan fingerprint density at radius 1 is 0.500 bits per heavy atom. The van der Waals surface area contributed by atoms with E-state index in [1.807, 2.05) is 0 Å². The molecule has 0 heterocycles. The van der Waals surface area contributed by atoms with Gasteiger partial charge in [-0.05, 0) is 70.6 Å². The van der Waals surface area contributed by atoms with Gasteiger partial charge < -0.3 is 20.3 Å². The summed E-state index contributed by atoms with van der Waals surface area (Å²) in [6.45, 7) is 6.45. The minimum absolute atomic E-state index is 0.0585. The van der Waals surface area contributed by atoms with Crippen LogP contribution >= 0.6 is 0 Å². The predicted molar refractivity (Wildman–Crippen MR) is 241 cm³/mol. The SMILES string of the molecule is CCCCCC/C=C\CCCCCCCCCC(=O)OC(CCC/C=C\CCCCCCCCC)CC(=O)NC(CO)C(O)CCCCCCCCCCCC. The Balaban J connectivity index is 4.58. The van der Waals surface area contributed by atoms with E-state index in [1.165, 1.54) is 154 Å². The molecule has 56 heavy (non-hydrogen) atoms. The molecule has 0 bridgehead atoms. The second kappa shape index (κ2) is 44.4. The molecule has 6 heteroatoms. The van der Waals surface area contributed by atoms with Gasteiger partial charge in [-0.15, -0.1) is 0 Å². The van der Waals surface area contributed by atoms with Crippen LogP contribution in [0.3, 0.4) is 0 Å². The van der Waals surface area contributed by atoms with Crippen molar-refractivity contribution in [3.8, 4) is 0 Å². The van der Waals surface area contributed by atoms with Gasteiger partial charge in [0.1, 0.15) is 6.10 Å². The van der Waals surface area contributed by atoms with Crippen LogP contribution in [0.15, 0.2) is 24.3 Å². The molecule has 3 unspecified atom stereocenters. The lowest BCUT2D eigenvalue weighted by atomic mass is 10.0. The van der Waals surface area contributed by atoms with E-state index in [0.717, 1.165) is 57.8 Å². The number of esters is 1. The molecule has 0 aliphatic carbocycles. The molecule has 0 aromatic carbocycles. The lowest BCUT2D eigenvalue weighted by Crippen LogP contribution is -2.46. The molecule has 1 amide bonds. The summed E-state index contributed by atoms with van der Waals surface area (Å²) in [4.78, 5) is 26.0. The quantitative estimate of drug-likeness (QED) is 0.0324. The Morgan fingerprint density at radius 2 is 0.875 bits per heavy atom. The molecule has 0 saturated carbocycles. The van der Waals surface area contributed by atoms with E-state index in [1.54, 1.807) is 0 Å². The normalized spacial score (nSPS) is 13.4. The monoisotopic (exact) mass is 790 g/mol. The van der Waals surface area contributed by atoms with Crippen LogP contribution in [0.5, 0.6) is 0 Å². The number of hydrogen-bond acceptors (Lipinski definition) is 5. The van der Waals surface area contributed by atoms with Crippen molar-refractivity contribution >= 4 is 11.9 Å². The molecule has 6 nitrogen and oxygen atoms in total. The maximum absolute atomic E-state index is 13.1. The molecule has 0 aliphatic heterocycles.